The largest absolute Gasteiger partial charge is 0.369 e. The zero-order valence-electron chi connectivity index (χ0n) is 11.4. The second-order valence-corrected chi connectivity index (χ2v) is 7.13. The molecule has 0 aromatic heterocycles. The standard InChI is InChI=1S/C16H23IN2/c17-14-6-8-15(9-7-14)19-11-10-18-16(12-19)13-4-2-1-3-5-13/h6-9,13,16,18H,1-5,10-12H2. The van der Waals surface area contributed by atoms with Gasteiger partial charge in [0.05, 0.1) is 0 Å². The first-order chi connectivity index (χ1) is 9.33. The van der Waals surface area contributed by atoms with Crippen molar-refractivity contribution in [3.8, 4) is 0 Å². The first-order valence-electron chi connectivity index (χ1n) is 7.57. The number of halogens is 1. The molecule has 1 aliphatic heterocycles. The van der Waals surface area contributed by atoms with Crippen LogP contribution in [-0.4, -0.2) is 25.7 Å². The Morgan fingerprint density at radius 1 is 1.05 bits per heavy atom. The molecule has 3 heteroatoms. The number of benzene rings is 1. The zero-order chi connectivity index (χ0) is 13.1. The van der Waals surface area contributed by atoms with Crippen LogP contribution in [0.1, 0.15) is 32.1 Å². The third kappa shape index (κ3) is 3.43. The average Bonchev–Trinajstić information content (AvgIpc) is 2.49. The van der Waals surface area contributed by atoms with Crippen LogP contribution in [0.3, 0.4) is 0 Å². The van der Waals surface area contributed by atoms with Gasteiger partial charge < -0.3 is 10.2 Å². The lowest BCUT2D eigenvalue weighted by molar-refractivity contribution is 0.257. The lowest BCUT2D eigenvalue weighted by Gasteiger charge is -2.40. The van der Waals surface area contributed by atoms with E-state index in [2.05, 4.69) is 57.1 Å². The molecular formula is C16H23IN2. The Morgan fingerprint density at radius 2 is 1.79 bits per heavy atom. The fourth-order valence-corrected chi connectivity index (χ4v) is 3.88. The zero-order valence-corrected chi connectivity index (χ0v) is 13.6. The number of piperazine rings is 1. The van der Waals surface area contributed by atoms with Crippen molar-refractivity contribution in [2.75, 3.05) is 24.5 Å². The maximum atomic E-state index is 3.76. The fourth-order valence-electron chi connectivity index (χ4n) is 3.52. The number of hydrogen-bond donors (Lipinski definition) is 1. The van der Waals surface area contributed by atoms with Gasteiger partial charge in [-0.05, 0) is 65.6 Å². The van der Waals surface area contributed by atoms with Crippen molar-refractivity contribution in [3.63, 3.8) is 0 Å². The number of rotatable bonds is 2. The first-order valence-corrected chi connectivity index (χ1v) is 8.65. The molecule has 1 saturated carbocycles. The van der Waals surface area contributed by atoms with Crippen molar-refractivity contribution in [2.45, 2.75) is 38.1 Å². The van der Waals surface area contributed by atoms with Crippen LogP contribution in [0.5, 0.6) is 0 Å². The normalized spacial score (nSPS) is 25.5. The van der Waals surface area contributed by atoms with Crippen LogP contribution >= 0.6 is 22.6 Å². The minimum Gasteiger partial charge on any atom is -0.369 e. The van der Waals surface area contributed by atoms with Crippen LogP contribution in [0.4, 0.5) is 5.69 Å². The molecule has 1 atom stereocenters. The fraction of sp³-hybridized carbons (Fsp3) is 0.625. The van der Waals surface area contributed by atoms with Crippen LogP contribution in [0.25, 0.3) is 0 Å². The predicted molar refractivity (Wildman–Crippen MR) is 89.7 cm³/mol. The third-order valence-corrected chi connectivity index (χ3v) is 5.34. The summed E-state index contributed by atoms with van der Waals surface area (Å²) >= 11 is 2.38. The molecule has 0 spiro atoms. The minimum absolute atomic E-state index is 0.702. The summed E-state index contributed by atoms with van der Waals surface area (Å²) in [6.07, 6.45) is 7.18. The van der Waals surface area contributed by atoms with Crippen molar-refractivity contribution >= 4 is 28.3 Å². The molecule has 1 unspecified atom stereocenters. The van der Waals surface area contributed by atoms with Gasteiger partial charge in [-0.3, -0.25) is 0 Å². The molecule has 1 saturated heterocycles. The summed E-state index contributed by atoms with van der Waals surface area (Å²) in [5.74, 6) is 0.903. The predicted octanol–water partition coefficient (Wildman–Crippen LogP) is 3.65. The quantitative estimate of drug-likeness (QED) is 0.800. The number of hydrogen-bond acceptors (Lipinski definition) is 2. The van der Waals surface area contributed by atoms with E-state index in [0.29, 0.717) is 6.04 Å². The van der Waals surface area contributed by atoms with E-state index >= 15 is 0 Å². The molecule has 1 aliphatic carbocycles. The van der Waals surface area contributed by atoms with Crippen molar-refractivity contribution in [1.82, 2.24) is 5.32 Å². The highest BCUT2D eigenvalue weighted by molar-refractivity contribution is 14.1. The van der Waals surface area contributed by atoms with E-state index in [1.165, 1.54) is 47.9 Å². The van der Waals surface area contributed by atoms with Gasteiger partial charge in [0.1, 0.15) is 0 Å². The van der Waals surface area contributed by atoms with Crippen LogP contribution in [0, 0.1) is 9.49 Å². The van der Waals surface area contributed by atoms with Crippen LogP contribution < -0.4 is 10.2 Å². The van der Waals surface area contributed by atoms with Crippen molar-refractivity contribution in [3.05, 3.63) is 27.8 Å². The molecular weight excluding hydrogens is 347 g/mol. The Hall–Kier alpha value is -0.290. The number of anilines is 1. The highest BCUT2D eigenvalue weighted by Crippen LogP contribution is 2.29. The van der Waals surface area contributed by atoms with Crippen molar-refractivity contribution < 1.29 is 0 Å². The molecule has 104 valence electrons. The highest BCUT2D eigenvalue weighted by atomic mass is 127. The Kier molecular flexibility index (Phi) is 4.64. The lowest BCUT2D eigenvalue weighted by atomic mass is 9.83. The van der Waals surface area contributed by atoms with E-state index in [9.17, 15) is 0 Å². The smallest absolute Gasteiger partial charge is 0.0367 e. The van der Waals surface area contributed by atoms with E-state index in [0.717, 1.165) is 19.0 Å². The second-order valence-electron chi connectivity index (χ2n) is 5.88. The van der Waals surface area contributed by atoms with E-state index in [4.69, 9.17) is 0 Å². The average molecular weight is 370 g/mol. The molecule has 1 aromatic carbocycles. The molecule has 1 heterocycles. The molecule has 0 amide bonds. The van der Waals surface area contributed by atoms with Gasteiger partial charge in [-0.2, -0.15) is 0 Å². The summed E-state index contributed by atoms with van der Waals surface area (Å²) in [4.78, 5) is 2.56. The molecule has 0 radical (unpaired) electrons. The Balaban J connectivity index is 1.65. The molecule has 2 fully saturated rings. The van der Waals surface area contributed by atoms with Gasteiger partial charge in [0, 0.05) is 34.9 Å². The molecule has 19 heavy (non-hydrogen) atoms. The summed E-state index contributed by atoms with van der Waals surface area (Å²) in [6, 6.07) is 9.67. The summed E-state index contributed by atoms with van der Waals surface area (Å²) < 4.78 is 1.32. The molecule has 2 aliphatic rings. The van der Waals surface area contributed by atoms with Crippen molar-refractivity contribution in [1.29, 1.82) is 0 Å². The van der Waals surface area contributed by atoms with Gasteiger partial charge in [-0.15, -0.1) is 0 Å². The van der Waals surface area contributed by atoms with Gasteiger partial charge in [-0.1, -0.05) is 19.3 Å². The molecule has 2 nitrogen and oxygen atoms in total. The SMILES string of the molecule is Ic1ccc(N2CCNC(C3CCCCC3)C2)cc1. The van der Waals surface area contributed by atoms with Gasteiger partial charge in [0.2, 0.25) is 0 Å². The Bertz CT molecular complexity index is 398. The highest BCUT2D eigenvalue weighted by Gasteiger charge is 2.27. The summed E-state index contributed by atoms with van der Waals surface area (Å²) in [5, 5.41) is 3.76. The maximum Gasteiger partial charge on any atom is 0.0367 e. The summed E-state index contributed by atoms with van der Waals surface area (Å²) in [6.45, 7) is 3.46. The third-order valence-electron chi connectivity index (χ3n) is 4.62. The second kappa shape index (κ2) is 6.44. The van der Waals surface area contributed by atoms with Crippen LogP contribution in [0.15, 0.2) is 24.3 Å². The monoisotopic (exact) mass is 370 g/mol. The Labute approximate surface area is 130 Å². The molecule has 3 rings (SSSR count). The van der Waals surface area contributed by atoms with Gasteiger partial charge in [-0.25, -0.2) is 0 Å². The minimum atomic E-state index is 0.702. The molecule has 1 aromatic rings. The van der Waals surface area contributed by atoms with E-state index in [-0.39, 0.29) is 0 Å². The first kappa shape index (κ1) is 13.7. The maximum absolute atomic E-state index is 3.76. The topological polar surface area (TPSA) is 15.3 Å². The molecule has 0 bridgehead atoms. The van der Waals surface area contributed by atoms with Gasteiger partial charge in [0.25, 0.3) is 0 Å². The van der Waals surface area contributed by atoms with Crippen molar-refractivity contribution in [2.24, 2.45) is 5.92 Å². The summed E-state index contributed by atoms with van der Waals surface area (Å²) in [7, 11) is 0. The van der Waals surface area contributed by atoms with Crippen LogP contribution in [-0.2, 0) is 0 Å². The summed E-state index contributed by atoms with van der Waals surface area (Å²) in [5.41, 5.74) is 1.39. The number of nitrogens with one attached hydrogen (secondary N) is 1. The van der Waals surface area contributed by atoms with E-state index < -0.39 is 0 Å². The lowest BCUT2D eigenvalue weighted by Crippen LogP contribution is -2.54. The van der Waals surface area contributed by atoms with E-state index in [1.54, 1.807) is 0 Å². The van der Waals surface area contributed by atoms with Gasteiger partial charge >= 0.3 is 0 Å². The Morgan fingerprint density at radius 3 is 2.53 bits per heavy atom. The van der Waals surface area contributed by atoms with Crippen LogP contribution in [0.2, 0.25) is 0 Å². The van der Waals surface area contributed by atoms with E-state index in [1.807, 2.05) is 0 Å². The number of nitrogens with zero attached hydrogens (tertiary/aromatic N) is 1. The molecule has 1 N–H and O–H groups in total. The van der Waals surface area contributed by atoms with Gasteiger partial charge in [0.15, 0.2) is 0 Å².